The lowest BCUT2D eigenvalue weighted by Crippen LogP contribution is -2.29. The number of amides is 1. The van der Waals surface area contributed by atoms with Crippen LogP contribution in [0.1, 0.15) is 24.1 Å². The minimum atomic E-state index is -1.01. The van der Waals surface area contributed by atoms with Gasteiger partial charge < -0.3 is 19.3 Å². The molecule has 4 aromatic rings. The molecule has 1 atom stereocenters. The van der Waals surface area contributed by atoms with E-state index in [4.69, 9.17) is 37.4 Å². The van der Waals surface area contributed by atoms with E-state index in [-0.39, 0.29) is 21.5 Å². The highest BCUT2D eigenvalue weighted by Gasteiger charge is 2.48. The molecule has 0 radical (unpaired) electrons. The number of hydrogen-bond acceptors (Lipinski definition) is 8. The monoisotopic (exact) mass is 582 g/mol. The number of thiazole rings is 1. The van der Waals surface area contributed by atoms with E-state index in [0.717, 1.165) is 4.70 Å². The first-order valence-corrected chi connectivity index (χ1v) is 13.6. The summed E-state index contributed by atoms with van der Waals surface area (Å²) in [6.45, 7) is 3.16. The molecule has 0 saturated carbocycles. The van der Waals surface area contributed by atoms with Crippen LogP contribution in [0.4, 0.5) is 5.13 Å². The summed E-state index contributed by atoms with van der Waals surface area (Å²) in [5.41, 5.74) is 1.31. The van der Waals surface area contributed by atoms with Crippen LogP contribution in [0.2, 0.25) is 10.0 Å². The molecular formula is C28H20Cl2N2O6S. The quantitative estimate of drug-likeness (QED) is 0.165. The summed E-state index contributed by atoms with van der Waals surface area (Å²) in [5, 5.41) is 12.3. The van der Waals surface area contributed by atoms with Crippen molar-refractivity contribution in [2.45, 2.75) is 13.0 Å². The van der Waals surface area contributed by atoms with E-state index >= 15 is 0 Å². The second-order valence-corrected chi connectivity index (χ2v) is 10.6. The van der Waals surface area contributed by atoms with Crippen LogP contribution >= 0.6 is 34.5 Å². The Balaban J connectivity index is 1.52. The summed E-state index contributed by atoms with van der Waals surface area (Å²) in [6, 6.07) is 14.1. The second-order valence-electron chi connectivity index (χ2n) is 8.76. The summed E-state index contributed by atoms with van der Waals surface area (Å²) < 4.78 is 17.6. The van der Waals surface area contributed by atoms with E-state index in [1.165, 1.54) is 16.2 Å². The molecule has 0 bridgehead atoms. The van der Waals surface area contributed by atoms with Gasteiger partial charge in [-0.1, -0.05) is 40.6 Å². The molecule has 3 aromatic carbocycles. The van der Waals surface area contributed by atoms with Crippen LogP contribution in [-0.4, -0.2) is 41.6 Å². The number of aliphatic hydroxyl groups excluding tert-OH is 1. The third-order valence-electron chi connectivity index (χ3n) is 6.39. The highest BCUT2D eigenvalue weighted by molar-refractivity contribution is 7.22. The van der Waals surface area contributed by atoms with E-state index in [9.17, 15) is 14.7 Å². The summed E-state index contributed by atoms with van der Waals surface area (Å²) >= 11 is 13.7. The van der Waals surface area contributed by atoms with Gasteiger partial charge in [-0.25, -0.2) is 4.98 Å². The number of nitrogens with zero attached hydrogens (tertiary/aromatic N) is 2. The highest BCUT2D eigenvalue weighted by atomic mass is 35.5. The number of ketones is 1. The first kappa shape index (κ1) is 25.5. The average molecular weight is 583 g/mol. The largest absolute Gasteiger partial charge is 0.507 e. The molecule has 1 aromatic heterocycles. The summed E-state index contributed by atoms with van der Waals surface area (Å²) in [7, 11) is 0. The molecule has 6 rings (SSSR count). The molecule has 198 valence electrons. The number of ether oxygens (including phenoxy) is 3. The molecule has 11 heteroatoms. The number of anilines is 1. The predicted molar refractivity (Wildman–Crippen MR) is 149 cm³/mol. The minimum absolute atomic E-state index is 0.107. The van der Waals surface area contributed by atoms with Crippen molar-refractivity contribution in [3.8, 4) is 17.2 Å². The Morgan fingerprint density at radius 1 is 1.05 bits per heavy atom. The van der Waals surface area contributed by atoms with Gasteiger partial charge in [-0.2, -0.15) is 0 Å². The van der Waals surface area contributed by atoms with E-state index in [0.29, 0.717) is 58.7 Å². The Bertz CT molecular complexity index is 1680. The number of carbonyl (C=O) groups excluding carboxylic acids is 2. The number of aromatic nitrogens is 1. The first-order chi connectivity index (χ1) is 18.9. The van der Waals surface area contributed by atoms with Crippen molar-refractivity contribution >= 4 is 67.3 Å². The number of aliphatic hydroxyl groups is 1. The highest BCUT2D eigenvalue weighted by Crippen LogP contribution is 2.46. The predicted octanol–water partition coefficient (Wildman–Crippen LogP) is 6.40. The van der Waals surface area contributed by atoms with Crippen molar-refractivity contribution < 1.29 is 28.9 Å². The van der Waals surface area contributed by atoms with Crippen molar-refractivity contribution in [2.75, 3.05) is 24.7 Å². The summed E-state index contributed by atoms with van der Waals surface area (Å²) in [5.74, 6) is -0.408. The van der Waals surface area contributed by atoms with Crippen LogP contribution in [0.5, 0.6) is 17.2 Å². The standard InChI is InChI=1S/C28H20Cl2N2O6S/c1-2-36-16-5-7-19-22(13-16)39-28(31-19)32-24(14-3-6-17(29)18(30)11-14)23(26(34)27(32)35)25(33)15-4-8-20-21(12-15)38-10-9-37-20/h3-8,11-13,24,33H,2,9-10H2,1H3/t24-/m1/s1. The first-order valence-electron chi connectivity index (χ1n) is 12.0. The minimum Gasteiger partial charge on any atom is -0.507 e. The van der Waals surface area contributed by atoms with E-state index in [2.05, 4.69) is 4.98 Å². The molecule has 3 heterocycles. The SMILES string of the molecule is CCOc1ccc2nc(N3C(=O)C(=O)C(=C(O)c4ccc5c(c4)OCCO5)[C@H]3c3ccc(Cl)c(Cl)c3)sc2c1. The number of benzene rings is 3. The molecule has 2 aliphatic heterocycles. The molecule has 0 unspecified atom stereocenters. The number of rotatable bonds is 5. The fourth-order valence-electron chi connectivity index (χ4n) is 4.63. The van der Waals surface area contributed by atoms with Gasteiger partial charge in [-0.3, -0.25) is 14.5 Å². The number of hydrogen-bond donors (Lipinski definition) is 1. The van der Waals surface area contributed by atoms with E-state index in [1.54, 1.807) is 48.5 Å². The Morgan fingerprint density at radius 2 is 1.85 bits per heavy atom. The van der Waals surface area contributed by atoms with Crippen molar-refractivity contribution in [1.29, 1.82) is 0 Å². The van der Waals surface area contributed by atoms with Gasteiger partial charge in [0.25, 0.3) is 5.78 Å². The number of halogens is 2. The maximum absolute atomic E-state index is 13.5. The van der Waals surface area contributed by atoms with Gasteiger partial charge in [-0.15, -0.1) is 0 Å². The number of carbonyl (C=O) groups is 2. The number of fused-ring (bicyclic) bond motifs is 2. The van der Waals surface area contributed by atoms with Crippen molar-refractivity contribution in [3.63, 3.8) is 0 Å². The fraction of sp³-hybridized carbons (Fsp3) is 0.179. The molecule has 2 aliphatic rings. The van der Waals surface area contributed by atoms with E-state index < -0.39 is 17.7 Å². The van der Waals surface area contributed by atoms with Gasteiger partial charge in [0, 0.05) is 5.56 Å². The maximum atomic E-state index is 13.5. The molecule has 1 amide bonds. The van der Waals surface area contributed by atoms with Crippen LogP contribution in [0.25, 0.3) is 16.0 Å². The van der Waals surface area contributed by atoms with Crippen LogP contribution in [0, 0.1) is 0 Å². The zero-order valence-electron chi connectivity index (χ0n) is 20.4. The third-order valence-corrected chi connectivity index (χ3v) is 8.14. The van der Waals surface area contributed by atoms with Crippen LogP contribution in [0.3, 0.4) is 0 Å². The second kappa shape index (κ2) is 10.1. The number of Topliss-reactive ketones (excluding diaryl/α,β-unsaturated/α-hetero) is 1. The van der Waals surface area contributed by atoms with E-state index in [1.807, 2.05) is 13.0 Å². The summed E-state index contributed by atoms with van der Waals surface area (Å²) in [6.07, 6.45) is 0. The summed E-state index contributed by atoms with van der Waals surface area (Å²) in [4.78, 5) is 33.0. The van der Waals surface area contributed by atoms with Crippen LogP contribution in [-0.2, 0) is 9.59 Å². The van der Waals surface area contributed by atoms with Crippen molar-refractivity contribution in [1.82, 2.24) is 4.98 Å². The van der Waals surface area contributed by atoms with Crippen LogP contribution < -0.4 is 19.1 Å². The van der Waals surface area contributed by atoms with Crippen molar-refractivity contribution in [2.24, 2.45) is 0 Å². The van der Waals surface area contributed by atoms with Gasteiger partial charge >= 0.3 is 5.91 Å². The van der Waals surface area contributed by atoms with Gasteiger partial charge in [0.2, 0.25) is 0 Å². The molecule has 1 saturated heterocycles. The van der Waals surface area contributed by atoms with Gasteiger partial charge in [0.15, 0.2) is 16.6 Å². The third kappa shape index (κ3) is 4.46. The molecule has 1 fully saturated rings. The Kier molecular flexibility index (Phi) is 6.58. The Hall–Kier alpha value is -3.79. The van der Waals surface area contributed by atoms with Gasteiger partial charge in [-0.05, 0) is 61.0 Å². The zero-order chi connectivity index (χ0) is 27.3. The molecular weight excluding hydrogens is 563 g/mol. The van der Waals surface area contributed by atoms with Crippen LogP contribution in [0.15, 0.2) is 60.2 Å². The lowest BCUT2D eigenvalue weighted by molar-refractivity contribution is -0.132. The zero-order valence-corrected chi connectivity index (χ0v) is 22.8. The topological polar surface area (TPSA) is 98.2 Å². The Morgan fingerprint density at radius 3 is 2.62 bits per heavy atom. The lowest BCUT2D eigenvalue weighted by Gasteiger charge is -2.23. The molecule has 1 N–H and O–H groups in total. The molecule has 8 nitrogen and oxygen atoms in total. The van der Waals surface area contributed by atoms with Gasteiger partial charge in [0.05, 0.1) is 38.5 Å². The smallest absolute Gasteiger partial charge is 0.301 e. The molecule has 0 aliphatic carbocycles. The molecule has 39 heavy (non-hydrogen) atoms. The lowest BCUT2D eigenvalue weighted by atomic mass is 9.95. The Labute approximate surface area is 236 Å². The average Bonchev–Trinajstić information content (AvgIpc) is 3.47. The molecule has 0 spiro atoms. The fourth-order valence-corrected chi connectivity index (χ4v) is 5.95. The maximum Gasteiger partial charge on any atom is 0.301 e. The van der Waals surface area contributed by atoms with Crippen molar-refractivity contribution in [3.05, 3.63) is 81.3 Å². The normalized spacial score (nSPS) is 18.1. The van der Waals surface area contributed by atoms with Gasteiger partial charge in [0.1, 0.15) is 24.7 Å².